The SMILES string of the molecule is Cc1cccc(CN2CCC3CCN(c4ncncc4F)CC32)n1. The third kappa shape index (κ3) is 2.98. The molecule has 0 N–H and O–H groups in total. The molecular formula is C18H22FN5. The number of aromatic nitrogens is 3. The number of rotatable bonds is 3. The second kappa shape index (κ2) is 6.43. The zero-order chi connectivity index (χ0) is 16.5. The maximum atomic E-state index is 14.0. The zero-order valence-corrected chi connectivity index (χ0v) is 13.9. The van der Waals surface area contributed by atoms with E-state index in [1.54, 1.807) is 0 Å². The molecule has 2 unspecified atom stereocenters. The summed E-state index contributed by atoms with van der Waals surface area (Å²) >= 11 is 0. The first-order valence-corrected chi connectivity index (χ1v) is 8.58. The summed E-state index contributed by atoms with van der Waals surface area (Å²) in [5.41, 5.74) is 2.16. The van der Waals surface area contributed by atoms with Crippen LogP contribution < -0.4 is 4.90 Å². The zero-order valence-electron chi connectivity index (χ0n) is 13.9. The molecule has 0 saturated carbocycles. The van der Waals surface area contributed by atoms with Crippen LogP contribution >= 0.6 is 0 Å². The third-order valence-corrected chi connectivity index (χ3v) is 5.24. The summed E-state index contributed by atoms with van der Waals surface area (Å²) in [5, 5.41) is 0. The van der Waals surface area contributed by atoms with Crippen LogP contribution in [0.4, 0.5) is 10.2 Å². The van der Waals surface area contributed by atoms with Crippen LogP contribution in [0, 0.1) is 18.7 Å². The Labute approximate surface area is 141 Å². The van der Waals surface area contributed by atoms with Crippen molar-refractivity contribution in [2.45, 2.75) is 32.4 Å². The van der Waals surface area contributed by atoms with Crippen molar-refractivity contribution in [3.05, 3.63) is 47.9 Å². The number of likely N-dealkylation sites (tertiary alicyclic amines) is 1. The average molecular weight is 327 g/mol. The van der Waals surface area contributed by atoms with Crippen molar-refractivity contribution in [3.63, 3.8) is 0 Å². The molecule has 4 rings (SSSR count). The lowest BCUT2D eigenvalue weighted by Gasteiger charge is -2.39. The molecule has 0 aromatic carbocycles. The molecule has 0 radical (unpaired) electrons. The summed E-state index contributed by atoms with van der Waals surface area (Å²) in [6, 6.07) is 6.62. The highest BCUT2D eigenvalue weighted by molar-refractivity contribution is 5.39. The lowest BCUT2D eigenvalue weighted by molar-refractivity contribution is 0.198. The predicted molar refractivity (Wildman–Crippen MR) is 90.1 cm³/mol. The Morgan fingerprint density at radius 3 is 2.96 bits per heavy atom. The van der Waals surface area contributed by atoms with Crippen LogP contribution in [0.25, 0.3) is 0 Å². The van der Waals surface area contributed by atoms with Gasteiger partial charge in [0.1, 0.15) is 6.33 Å². The fourth-order valence-corrected chi connectivity index (χ4v) is 4.05. The number of halogens is 1. The molecule has 6 heteroatoms. The van der Waals surface area contributed by atoms with E-state index in [1.165, 1.54) is 18.9 Å². The average Bonchev–Trinajstić information content (AvgIpc) is 2.98. The molecule has 126 valence electrons. The van der Waals surface area contributed by atoms with Crippen LogP contribution in [0.3, 0.4) is 0 Å². The first kappa shape index (κ1) is 15.4. The topological polar surface area (TPSA) is 45.2 Å². The molecular weight excluding hydrogens is 305 g/mol. The van der Waals surface area contributed by atoms with Crippen molar-refractivity contribution >= 4 is 5.82 Å². The van der Waals surface area contributed by atoms with Crippen LogP contribution in [0.1, 0.15) is 24.2 Å². The summed E-state index contributed by atoms with van der Waals surface area (Å²) in [6.07, 6.45) is 4.98. The van der Waals surface area contributed by atoms with E-state index < -0.39 is 0 Å². The number of pyridine rings is 1. The standard InChI is InChI=1S/C18H22FN5/c1-13-3-2-4-15(22-13)10-23-7-5-14-6-8-24(11-17(14)23)18-16(19)9-20-12-21-18/h2-4,9,12,14,17H,5-8,10-11H2,1H3. The molecule has 0 spiro atoms. The smallest absolute Gasteiger partial charge is 0.183 e. The van der Waals surface area contributed by atoms with Crippen molar-refractivity contribution in [1.29, 1.82) is 0 Å². The van der Waals surface area contributed by atoms with E-state index in [0.717, 1.165) is 44.0 Å². The van der Waals surface area contributed by atoms with Gasteiger partial charge in [-0.05, 0) is 44.4 Å². The molecule has 2 atom stereocenters. The molecule has 0 aliphatic carbocycles. The predicted octanol–water partition coefficient (Wildman–Crippen LogP) is 2.42. The van der Waals surface area contributed by atoms with Gasteiger partial charge in [0.25, 0.3) is 0 Å². The number of piperidine rings is 1. The normalized spacial score (nSPS) is 24.2. The van der Waals surface area contributed by atoms with Gasteiger partial charge in [-0.2, -0.15) is 0 Å². The highest BCUT2D eigenvalue weighted by Crippen LogP contribution is 2.34. The summed E-state index contributed by atoms with van der Waals surface area (Å²) in [5.74, 6) is 0.792. The van der Waals surface area contributed by atoms with Crippen LogP contribution in [-0.4, -0.2) is 45.5 Å². The number of hydrogen-bond acceptors (Lipinski definition) is 5. The Balaban J connectivity index is 1.50. The largest absolute Gasteiger partial charge is 0.352 e. The second-order valence-electron chi connectivity index (χ2n) is 6.79. The Bertz CT molecular complexity index is 722. The minimum atomic E-state index is -0.333. The minimum absolute atomic E-state index is 0.333. The van der Waals surface area contributed by atoms with Gasteiger partial charge in [0, 0.05) is 31.4 Å². The summed E-state index contributed by atoms with van der Waals surface area (Å²) < 4.78 is 14.0. The van der Waals surface area contributed by atoms with Gasteiger partial charge in [0.05, 0.1) is 11.9 Å². The van der Waals surface area contributed by atoms with E-state index in [4.69, 9.17) is 0 Å². The van der Waals surface area contributed by atoms with Crippen LogP contribution in [0.5, 0.6) is 0 Å². The first-order chi connectivity index (χ1) is 11.7. The Morgan fingerprint density at radius 1 is 1.25 bits per heavy atom. The lowest BCUT2D eigenvalue weighted by atomic mass is 9.92. The van der Waals surface area contributed by atoms with Crippen molar-refractivity contribution < 1.29 is 4.39 Å². The van der Waals surface area contributed by atoms with Crippen LogP contribution in [-0.2, 0) is 6.54 Å². The van der Waals surface area contributed by atoms with E-state index in [9.17, 15) is 4.39 Å². The summed E-state index contributed by atoms with van der Waals surface area (Å²) in [7, 11) is 0. The fourth-order valence-electron chi connectivity index (χ4n) is 4.05. The summed E-state index contributed by atoms with van der Waals surface area (Å²) in [4.78, 5) is 17.1. The van der Waals surface area contributed by atoms with Crippen molar-refractivity contribution in [2.75, 3.05) is 24.5 Å². The van der Waals surface area contributed by atoms with E-state index in [0.29, 0.717) is 17.8 Å². The molecule has 4 heterocycles. The van der Waals surface area contributed by atoms with E-state index in [1.807, 2.05) is 13.0 Å². The van der Waals surface area contributed by atoms with Crippen molar-refractivity contribution in [1.82, 2.24) is 19.9 Å². The van der Waals surface area contributed by atoms with Crippen molar-refractivity contribution in [3.8, 4) is 0 Å². The minimum Gasteiger partial charge on any atom is -0.352 e. The third-order valence-electron chi connectivity index (χ3n) is 5.24. The van der Waals surface area contributed by atoms with E-state index in [-0.39, 0.29) is 5.82 Å². The van der Waals surface area contributed by atoms with Crippen LogP contribution in [0.2, 0.25) is 0 Å². The number of hydrogen-bond donors (Lipinski definition) is 0. The molecule has 2 fully saturated rings. The maximum absolute atomic E-state index is 14.0. The highest BCUT2D eigenvalue weighted by Gasteiger charge is 2.39. The number of anilines is 1. The molecule has 2 aliphatic heterocycles. The maximum Gasteiger partial charge on any atom is 0.183 e. The Hall–Kier alpha value is -2.08. The molecule has 0 amide bonds. The van der Waals surface area contributed by atoms with E-state index in [2.05, 4.69) is 36.9 Å². The van der Waals surface area contributed by atoms with Crippen molar-refractivity contribution in [2.24, 2.45) is 5.92 Å². The number of aryl methyl sites for hydroxylation is 1. The molecule has 2 aromatic rings. The van der Waals surface area contributed by atoms with Gasteiger partial charge in [-0.1, -0.05) is 6.07 Å². The molecule has 5 nitrogen and oxygen atoms in total. The molecule has 2 aromatic heterocycles. The molecule has 0 bridgehead atoms. The van der Waals surface area contributed by atoms with Gasteiger partial charge in [0.2, 0.25) is 0 Å². The second-order valence-corrected chi connectivity index (χ2v) is 6.79. The Kier molecular flexibility index (Phi) is 4.14. The number of nitrogens with zero attached hydrogens (tertiary/aromatic N) is 5. The summed E-state index contributed by atoms with van der Waals surface area (Å²) in [6.45, 7) is 5.67. The lowest BCUT2D eigenvalue weighted by Crippen LogP contribution is -2.48. The number of fused-ring (bicyclic) bond motifs is 1. The van der Waals surface area contributed by atoms with Gasteiger partial charge >= 0.3 is 0 Å². The molecule has 24 heavy (non-hydrogen) atoms. The molecule has 2 saturated heterocycles. The fraction of sp³-hybridized carbons (Fsp3) is 0.500. The van der Waals surface area contributed by atoms with E-state index >= 15 is 0 Å². The van der Waals surface area contributed by atoms with Crippen LogP contribution in [0.15, 0.2) is 30.7 Å². The molecule has 2 aliphatic rings. The van der Waals surface area contributed by atoms with Gasteiger partial charge in [-0.25, -0.2) is 14.4 Å². The van der Waals surface area contributed by atoms with Gasteiger partial charge in [-0.3, -0.25) is 9.88 Å². The van der Waals surface area contributed by atoms with Gasteiger partial charge < -0.3 is 4.90 Å². The quantitative estimate of drug-likeness (QED) is 0.866. The Morgan fingerprint density at radius 2 is 2.12 bits per heavy atom. The van der Waals surface area contributed by atoms with Gasteiger partial charge in [-0.15, -0.1) is 0 Å². The highest BCUT2D eigenvalue weighted by atomic mass is 19.1. The first-order valence-electron chi connectivity index (χ1n) is 8.58. The monoisotopic (exact) mass is 327 g/mol. The van der Waals surface area contributed by atoms with Gasteiger partial charge in [0.15, 0.2) is 11.6 Å².